The van der Waals surface area contributed by atoms with Gasteiger partial charge in [0.2, 0.25) is 5.91 Å². The van der Waals surface area contributed by atoms with E-state index in [0.717, 1.165) is 18.5 Å². The lowest BCUT2D eigenvalue weighted by atomic mass is 10.2. The molecule has 0 aliphatic carbocycles. The van der Waals surface area contributed by atoms with Crippen LogP contribution in [0.3, 0.4) is 0 Å². The SMILES string of the molecule is O=C(/C=C/c1ccncc1)NCCCn1ccc2ccccc21. The Bertz CT molecular complexity index is 806. The molecule has 0 saturated carbocycles. The highest BCUT2D eigenvalue weighted by molar-refractivity contribution is 5.91. The molecule has 2 heterocycles. The summed E-state index contributed by atoms with van der Waals surface area (Å²) in [5, 5.41) is 4.16. The van der Waals surface area contributed by atoms with Crippen LogP contribution in [0.1, 0.15) is 12.0 Å². The van der Waals surface area contributed by atoms with Gasteiger partial charge in [-0.2, -0.15) is 0 Å². The summed E-state index contributed by atoms with van der Waals surface area (Å²) in [6.45, 7) is 1.55. The van der Waals surface area contributed by atoms with Crippen LogP contribution in [0.4, 0.5) is 0 Å². The summed E-state index contributed by atoms with van der Waals surface area (Å²) >= 11 is 0. The monoisotopic (exact) mass is 305 g/mol. The number of carbonyl (C=O) groups is 1. The van der Waals surface area contributed by atoms with Crippen LogP contribution in [0.15, 0.2) is 67.1 Å². The highest BCUT2D eigenvalue weighted by atomic mass is 16.1. The first-order chi connectivity index (χ1) is 11.3. The highest BCUT2D eigenvalue weighted by Crippen LogP contribution is 2.15. The molecule has 0 spiro atoms. The van der Waals surface area contributed by atoms with Crippen LogP contribution < -0.4 is 5.32 Å². The molecule has 2 aromatic heterocycles. The van der Waals surface area contributed by atoms with Crippen LogP contribution in [0.5, 0.6) is 0 Å². The highest BCUT2D eigenvalue weighted by Gasteiger charge is 2.00. The lowest BCUT2D eigenvalue weighted by molar-refractivity contribution is -0.116. The van der Waals surface area contributed by atoms with Gasteiger partial charge in [-0.1, -0.05) is 18.2 Å². The van der Waals surface area contributed by atoms with E-state index in [1.54, 1.807) is 24.5 Å². The average molecular weight is 305 g/mol. The van der Waals surface area contributed by atoms with E-state index in [-0.39, 0.29) is 5.91 Å². The molecule has 0 bridgehead atoms. The predicted molar refractivity (Wildman–Crippen MR) is 92.8 cm³/mol. The van der Waals surface area contributed by atoms with E-state index >= 15 is 0 Å². The fourth-order valence-corrected chi connectivity index (χ4v) is 2.50. The van der Waals surface area contributed by atoms with E-state index in [9.17, 15) is 4.79 Å². The van der Waals surface area contributed by atoms with Gasteiger partial charge in [0.1, 0.15) is 0 Å². The van der Waals surface area contributed by atoms with Gasteiger partial charge in [-0.25, -0.2) is 0 Å². The number of carbonyl (C=O) groups excluding carboxylic acids is 1. The van der Waals surface area contributed by atoms with E-state index in [1.807, 2.05) is 24.3 Å². The number of nitrogens with one attached hydrogen (secondary N) is 1. The number of aryl methyl sites for hydroxylation is 1. The first kappa shape index (κ1) is 15.0. The fourth-order valence-electron chi connectivity index (χ4n) is 2.50. The Morgan fingerprint density at radius 3 is 2.83 bits per heavy atom. The molecule has 4 heteroatoms. The largest absolute Gasteiger partial charge is 0.352 e. The number of nitrogens with zero attached hydrogens (tertiary/aromatic N) is 2. The van der Waals surface area contributed by atoms with Gasteiger partial charge in [0, 0.05) is 43.3 Å². The van der Waals surface area contributed by atoms with Gasteiger partial charge in [-0.3, -0.25) is 9.78 Å². The molecule has 1 amide bonds. The minimum absolute atomic E-state index is 0.0702. The third kappa shape index (κ3) is 4.07. The average Bonchev–Trinajstić information content (AvgIpc) is 3.01. The second-order valence-electron chi connectivity index (χ2n) is 5.33. The second kappa shape index (κ2) is 7.40. The number of aromatic nitrogens is 2. The van der Waals surface area contributed by atoms with Crippen molar-refractivity contribution in [3.05, 3.63) is 72.7 Å². The lowest BCUT2D eigenvalue weighted by Crippen LogP contribution is -2.23. The van der Waals surface area contributed by atoms with Crippen molar-refractivity contribution < 1.29 is 4.79 Å². The maximum Gasteiger partial charge on any atom is 0.244 e. The lowest BCUT2D eigenvalue weighted by Gasteiger charge is -2.06. The van der Waals surface area contributed by atoms with Gasteiger partial charge in [-0.05, 0) is 47.7 Å². The summed E-state index contributed by atoms with van der Waals surface area (Å²) in [7, 11) is 0. The smallest absolute Gasteiger partial charge is 0.244 e. The summed E-state index contributed by atoms with van der Waals surface area (Å²) < 4.78 is 2.22. The van der Waals surface area contributed by atoms with Crippen LogP contribution in [0.25, 0.3) is 17.0 Å². The molecule has 0 fully saturated rings. The van der Waals surface area contributed by atoms with Crippen LogP contribution in [-0.2, 0) is 11.3 Å². The molecule has 116 valence electrons. The third-order valence-electron chi connectivity index (χ3n) is 3.69. The zero-order chi connectivity index (χ0) is 15.9. The number of pyridine rings is 1. The molecule has 0 atom stereocenters. The molecular weight excluding hydrogens is 286 g/mol. The van der Waals surface area contributed by atoms with Crippen molar-refractivity contribution >= 4 is 22.9 Å². The van der Waals surface area contributed by atoms with Gasteiger partial charge in [0.15, 0.2) is 0 Å². The molecule has 23 heavy (non-hydrogen) atoms. The maximum absolute atomic E-state index is 11.8. The quantitative estimate of drug-likeness (QED) is 0.561. The number of benzene rings is 1. The number of amides is 1. The van der Waals surface area contributed by atoms with Gasteiger partial charge >= 0.3 is 0 Å². The topological polar surface area (TPSA) is 46.9 Å². The number of hydrogen-bond acceptors (Lipinski definition) is 2. The minimum Gasteiger partial charge on any atom is -0.352 e. The normalized spacial score (nSPS) is 11.1. The Balaban J connectivity index is 1.44. The Labute approximate surface area is 135 Å². The summed E-state index contributed by atoms with van der Waals surface area (Å²) in [6, 6.07) is 14.2. The standard InChI is InChI=1S/C19H19N3O/c23-19(7-6-16-8-12-20-13-9-16)21-11-3-14-22-15-10-17-4-1-2-5-18(17)22/h1-2,4-10,12-13,15H,3,11,14H2,(H,21,23)/b7-6+. The molecule has 0 aliphatic rings. The zero-order valence-electron chi connectivity index (χ0n) is 12.9. The Hall–Kier alpha value is -2.88. The molecule has 0 unspecified atom stereocenters. The van der Waals surface area contributed by atoms with Gasteiger partial charge in [0.25, 0.3) is 0 Å². The number of hydrogen-bond donors (Lipinski definition) is 1. The van der Waals surface area contributed by atoms with Crippen LogP contribution >= 0.6 is 0 Å². The van der Waals surface area contributed by atoms with E-state index in [4.69, 9.17) is 0 Å². The molecule has 1 aromatic carbocycles. The predicted octanol–water partition coefficient (Wildman–Crippen LogP) is 3.26. The van der Waals surface area contributed by atoms with E-state index in [2.05, 4.69) is 39.3 Å². The summed E-state index contributed by atoms with van der Waals surface area (Å²) in [5.74, 6) is -0.0702. The van der Waals surface area contributed by atoms with E-state index in [1.165, 1.54) is 10.9 Å². The fraction of sp³-hybridized carbons (Fsp3) is 0.158. The Morgan fingerprint density at radius 2 is 1.96 bits per heavy atom. The van der Waals surface area contributed by atoms with Crippen LogP contribution in [0.2, 0.25) is 0 Å². The van der Waals surface area contributed by atoms with E-state index in [0.29, 0.717) is 6.54 Å². The van der Waals surface area contributed by atoms with Crippen molar-refractivity contribution in [1.29, 1.82) is 0 Å². The third-order valence-corrected chi connectivity index (χ3v) is 3.69. The number of rotatable bonds is 6. The Kier molecular flexibility index (Phi) is 4.84. The van der Waals surface area contributed by atoms with Crippen molar-refractivity contribution in [3.63, 3.8) is 0 Å². The van der Waals surface area contributed by atoms with Crippen molar-refractivity contribution in [1.82, 2.24) is 14.9 Å². The molecule has 1 N–H and O–H groups in total. The molecular formula is C19H19N3O. The summed E-state index contributed by atoms with van der Waals surface area (Å²) in [5.41, 5.74) is 2.20. The molecule has 0 radical (unpaired) electrons. The van der Waals surface area contributed by atoms with Crippen LogP contribution in [0, 0.1) is 0 Å². The van der Waals surface area contributed by atoms with E-state index < -0.39 is 0 Å². The van der Waals surface area contributed by atoms with Gasteiger partial charge in [0.05, 0.1) is 0 Å². The first-order valence-electron chi connectivity index (χ1n) is 7.73. The minimum atomic E-state index is -0.0702. The summed E-state index contributed by atoms with van der Waals surface area (Å²) in [6.07, 6.45) is 9.75. The molecule has 4 nitrogen and oxygen atoms in total. The van der Waals surface area contributed by atoms with Gasteiger partial charge < -0.3 is 9.88 Å². The van der Waals surface area contributed by atoms with Crippen molar-refractivity contribution in [2.75, 3.05) is 6.54 Å². The molecule has 0 saturated heterocycles. The summed E-state index contributed by atoms with van der Waals surface area (Å²) in [4.78, 5) is 15.7. The van der Waals surface area contributed by atoms with Crippen molar-refractivity contribution in [2.45, 2.75) is 13.0 Å². The van der Waals surface area contributed by atoms with Gasteiger partial charge in [-0.15, -0.1) is 0 Å². The molecule has 3 rings (SSSR count). The second-order valence-corrected chi connectivity index (χ2v) is 5.33. The van der Waals surface area contributed by atoms with Crippen molar-refractivity contribution in [3.8, 4) is 0 Å². The zero-order valence-corrected chi connectivity index (χ0v) is 12.9. The van der Waals surface area contributed by atoms with Crippen molar-refractivity contribution in [2.24, 2.45) is 0 Å². The Morgan fingerprint density at radius 1 is 1.13 bits per heavy atom. The first-order valence-corrected chi connectivity index (χ1v) is 7.73. The maximum atomic E-state index is 11.8. The number of fused-ring (bicyclic) bond motifs is 1. The number of para-hydroxylation sites is 1. The molecule has 0 aliphatic heterocycles. The van der Waals surface area contributed by atoms with Crippen LogP contribution in [-0.4, -0.2) is 22.0 Å². The molecule has 3 aromatic rings.